The zero-order valence-electron chi connectivity index (χ0n) is 19.7. The van der Waals surface area contributed by atoms with Crippen molar-refractivity contribution in [2.24, 2.45) is 0 Å². The Morgan fingerprint density at radius 3 is 2.61 bits per heavy atom. The van der Waals surface area contributed by atoms with Gasteiger partial charge < -0.3 is 24.6 Å². The number of ether oxygens (including phenoxy) is 3. The molecule has 1 aliphatic rings. The van der Waals surface area contributed by atoms with Crippen molar-refractivity contribution < 1.29 is 28.5 Å². The molecule has 1 aliphatic heterocycles. The Kier molecular flexibility index (Phi) is 8.69. The van der Waals surface area contributed by atoms with E-state index in [1.165, 1.54) is 0 Å². The normalized spacial score (nSPS) is 15.3. The number of rotatable bonds is 11. The number of unbranched alkanes of at least 4 members (excludes halogenated alkanes) is 1. The van der Waals surface area contributed by atoms with E-state index in [4.69, 9.17) is 14.2 Å². The molecule has 1 fully saturated rings. The van der Waals surface area contributed by atoms with Crippen LogP contribution < -0.4 is 10.1 Å². The molecule has 0 saturated carbocycles. The molecule has 2 aromatic carbocycles. The molecule has 0 spiro atoms. The number of anilines is 1. The zero-order valence-corrected chi connectivity index (χ0v) is 19.7. The molecule has 6 nitrogen and oxygen atoms in total. The van der Waals surface area contributed by atoms with Crippen LogP contribution in [0.25, 0.3) is 11.1 Å². The van der Waals surface area contributed by atoms with Gasteiger partial charge in [0.2, 0.25) is 0 Å². The molecule has 33 heavy (non-hydrogen) atoms. The SMILES string of the molecule is CCCCOCc1cc(NC2(C(=O)O)CCOCC2)ccc1-c1cc(C)cc(OCC)c1F. The van der Waals surface area contributed by atoms with Gasteiger partial charge in [-0.1, -0.05) is 19.4 Å². The minimum atomic E-state index is -1.09. The molecular weight excluding hydrogens is 425 g/mol. The predicted molar refractivity (Wildman–Crippen MR) is 126 cm³/mol. The van der Waals surface area contributed by atoms with Crippen molar-refractivity contribution in [1.82, 2.24) is 0 Å². The van der Waals surface area contributed by atoms with Crippen molar-refractivity contribution >= 4 is 11.7 Å². The van der Waals surface area contributed by atoms with Crippen LogP contribution in [0.2, 0.25) is 0 Å². The van der Waals surface area contributed by atoms with E-state index >= 15 is 4.39 Å². The molecule has 0 atom stereocenters. The van der Waals surface area contributed by atoms with Gasteiger partial charge in [0, 0.05) is 43.9 Å². The molecule has 0 unspecified atom stereocenters. The molecule has 0 aromatic heterocycles. The fraction of sp³-hybridized carbons (Fsp3) is 0.500. The average Bonchev–Trinajstić information content (AvgIpc) is 2.80. The number of carboxylic acid groups (broad SMARTS) is 1. The first-order valence-electron chi connectivity index (χ1n) is 11.6. The lowest BCUT2D eigenvalue weighted by Gasteiger charge is -2.35. The Hall–Kier alpha value is -2.64. The van der Waals surface area contributed by atoms with Crippen LogP contribution in [0.5, 0.6) is 5.75 Å². The highest BCUT2D eigenvalue weighted by atomic mass is 19.1. The van der Waals surface area contributed by atoms with Gasteiger partial charge in [-0.15, -0.1) is 0 Å². The van der Waals surface area contributed by atoms with E-state index in [0.29, 0.717) is 62.7 Å². The number of aryl methyl sites for hydroxylation is 1. The van der Waals surface area contributed by atoms with Gasteiger partial charge in [0.25, 0.3) is 0 Å². The van der Waals surface area contributed by atoms with Gasteiger partial charge in [0.05, 0.1) is 13.2 Å². The average molecular weight is 460 g/mol. The van der Waals surface area contributed by atoms with Gasteiger partial charge in [0.15, 0.2) is 11.6 Å². The first kappa shape index (κ1) is 25.0. The van der Waals surface area contributed by atoms with Crippen molar-refractivity contribution in [2.45, 2.75) is 58.6 Å². The fourth-order valence-corrected chi connectivity index (χ4v) is 4.06. The van der Waals surface area contributed by atoms with Gasteiger partial charge in [-0.2, -0.15) is 0 Å². The Balaban J connectivity index is 2.00. The summed E-state index contributed by atoms with van der Waals surface area (Å²) in [7, 11) is 0. The molecule has 0 amide bonds. The number of halogens is 1. The largest absolute Gasteiger partial charge is 0.491 e. The summed E-state index contributed by atoms with van der Waals surface area (Å²) < 4.78 is 32.1. The van der Waals surface area contributed by atoms with Crippen molar-refractivity contribution in [3.8, 4) is 16.9 Å². The molecular formula is C26H34FNO5. The number of carbonyl (C=O) groups is 1. The van der Waals surface area contributed by atoms with Gasteiger partial charge in [-0.05, 0) is 61.2 Å². The Bertz CT molecular complexity index is 956. The third-order valence-electron chi connectivity index (χ3n) is 5.92. The van der Waals surface area contributed by atoms with Crippen LogP contribution in [0.15, 0.2) is 30.3 Å². The number of nitrogens with one attached hydrogen (secondary N) is 1. The lowest BCUT2D eigenvalue weighted by molar-refractivity contribution is -0.145. The molecule has 2 aromatic rings. The second-order valence-corrected chi connectivity index (χ2v) is 8.46. The van der Waals surface area contributed by atoms with Crippen LogP contribution >= 0.6 is 0 Å². The minimum absolute atomic E-state index is 0.222. The molecule has 1 heterocycles. The van der Waals surface area contributed by atoms with E-state index in [1.54, 1.807) is 18.2 Å². The summed E-state index contributed by atoms with van der Waals surface area (Å²) in [6, 6.07) is 8.98. The van der Waals surface area contributed by atoms with Crippen LogP contribution in [0.4, 0.5) is 10.1 Å². The summed E-state index contributed by atoms with van der Waals surface area (Å²) in [6.45, 7) is 7.87. The molecule has 180 valence electrons. The first-order valence-corrected chi connectivity index (χ1v) is 11.6. The van der Waals surface area contributed by atoms with Gasteiger partial charge in [-0.3, -0.25) is 0 Å². The standard InChI is InChI=1S/C26H34FNO5/c1-4-6-11-32-17-19-16-20(28-26(25(29)30)9-12-31-13-10-26)7-8-21(19)22-14-18(3)15-23(24(22)27)33-5-2/h7-8,14-16,28H,4-6,9-13,17H2,1-3H3,(H,29,30). The van der Waals surface area contributed by atoms with Gasteiger partial charge in [-0.25, -0.2) is 9.18 Å². The van der Waals surface area contributed by atoms with E-state index in [1.807, 2.05) is 26.0 Å². The minimum Gasteiger partial charge on any atom is -0.491 e. The van der Waals surface area contributed by atoms with Crippen LogP contribution in [-0.4, -0.2) is 43.0 Å². The van der Waals surface area contributed by atoms with Crippen LogP contribution in [-0.2, 0) is 20.9 Å². The van der Waals surface area contributed by atoms with Crippen LogP contribution in [0.3, 0.4) is 0 Å². The zero-order chi connectivity index (χ0) is 23.8. The second kappa shape index (κ2) is 11.5. The molecule has 1 saturated heterocycles. The second-order valence-electron chi connectivity index (χ2n) is 8.46. The monoisotopic (exact) mass is 459 g/mol. The molecule has 7 heteroatoms. The van der Waals surface area contributed by atoms with E-state index in [0.717, 1.165) is 24.0 Å². The van der Waals surface area contributed by atoms with Gasteiger partial charge in [0.1, 0.15) is 5.54 Å². The van der Waals surface area contributed by atoms with E-state index in [-0.39, 0.29) is 5.75 Å². The summed E-state index contributed by atoms with van der Waals surface area (Å²) in [5, 5.41) is 13.1. The Morgan fingerprint density at radius 2 is 1.94 bits per heavy atom. The molecule has 0 bridgehead atoms. The maximum atomic E-state index is 15.3. The number of benzene rings is 2. The fourth-order valence-electron chi connectivity index (χ4n) is 4.06. The van der Waals surface area contributed by atoms with E-state index in [2.05, 4.69) is 12.2 Å². The molecule has 0 aliphatic carbocycles. The maximum Gasteiger partial charge on any atom is 0.329 e. The van der Waals surface area contributed by atoms with Crippen molar-refractivity contribution in [2.75, 3.05) is 31.7 Å². The van der Waals surface area contributed by atoms with Crippen molar-refractivity contribution in [3.05, 3.63) is 47.3 Å². The maximum absolute atomic E-state index is 15.3. The summed E-state index contributed by atoms with van der Waals surface area (Å²) >= 11 is 0. The summed E-state index contributed by atoms with van der Waals surface area (Å²) in [6.07, 6.45) is 2.69. The summed E-state index contributed by atoms with van der Waals surface area (Å²) in [5.41, 5.74) is 2.40. The third kappa shape index (κ3) is 6.03. The summed E-state index contributed by atoms with van der Waals surface area (Å²) in [5.74, 6) is -1.09. The Labute approximate surface area is 195 Å². The lowest BCUT2D eigenvalue weighted by atomic mass is 9.89. The first-order chi connectivity index (χ1) is 15.9. The topological polar surface area (TPSA) is 77.0 Å². The number of hydrogen-bond donors (Lipinski definition) is 2. The molecule has 3 rings (SSSR count). The van der Waals surface area contributed by atoms with E-state index in [9.17, 15) is 9.90 Å². The van der Waals surface area contributed by atoms with Crippen molar-refractivity contribution in [3.63, 3.8) is 0 Å². The number of hydrogen-bond acceptors (Lipinski definition) is 5. The summed E-state index contributed by atoms with van der Waals surface area (Å²) in [4.78, 5) is 12.1. The quantitative estimate of drug-likeness (QED) is 0.428. The Morgan fingerprint density at radius 1 is 1.18 bits per heavy atom. The highest BCUT2D eigenvalue weighted by Crippen LogP contribution is 2.36. The molecule has 2 N–H and O–H groups in total. The van der Waals surface area contributed by atoms with Crippen molar-refractivity contribution in [1.29, 1.82) is 0 Å². The lowest BCUT2D eigenvalue weighted by Crippen LogP contribution is -2.50. The highest BCUT2D eigenvalue weighted by Gasteiger charge is 2.40. The van der Waals surface area contributed by atoms with E-state index < -0.39 is 17.3 Å². The van der Waals surface area contributed by atoms with Crippen LogP contribution in [0.1, 0.15) is 50.7 Å². The highest BCUT2D eigenvalue weighted by molar-refractivity contribution is 5.83. The number of aliphatic carboxylic acids is 1. The third-order valence-corrected chi connectivity index (χ3v) is 5.92. The smallest absolute Gasteiger partial charge is 0.329 e. The predicted octanol–water partition coefficient (Wildman–Crippen LogP) is 5.56. The molecule has 0 radical (unpaired) electrons. The van der Waals surface area contributed by atoms with Gasteiger partial charge >= 0.3 is 5.97 Å². The number of carboxylic acids is 1. The van der Waals surface area contributed by atoms with Crippen LogP contribution in [0, 0.1) is 12.7 Å².